The van der Waals surface area contributed by atoms with Crippen LogP contribution in [0.25, 0.3) is 6.08 Å². The van der Waals surface area contributed by atoms with E-state index in [1.54, 1.807) is 22.5 Å². The summed E-state index contributed by atoms with van der Waals surface area (Å²) < 4.78 is 26.0. The quantitative estimate of drug-likeness (QED) is 0.432. The van der Waals surface area contributed by atoms with Crippen molar-refractivity contribution in [2.24, 2.45) is 5.92 Å². The SMILES string of the molecule is O=C(/C=C/c1ccc([N+](=O)[O-])cc1)NCC1CCN(S(=O)(=O)C2CC2)CC1. The lowest BCUT2D eigenvalue weighted by atomic mass is 9.98. The number of nitrogens with zero attached hydrogens (tertiary/aromatic N) is 2. The normalized spacial score (nSPS) is 19.3. The Morgan fingerprint density at radius 1 is 1.19 bits per heavy atom. The summed E-state index contributed by atoms with van der Waals surface area (Å²) in [7, 11) is -3.10. The highest BCUT2D eigenvalue weighted by atomic mass is 32.2. The largest absolute Gasteiger partial charge is 0.352 e. The van der Waals surface area contributed by atoms with E-state index in [0.29, 0.717) is 25.2 Å². The Labute approximate surface area is 158 Å². The van der Waals surface area contributed by atoms with Crippen LogP contribution < -0.4 is 5.32 Å². The van der Waals surface area contributed by atoms with Gasteiger partial charge in [0.15, 0.2) is 0 Å². The van der Waals surface area contributed by atoms with Crippen molar-refractivity contribution in [3.05, 3.63) is 46.0 Å². The molecule has 1 saturated heterocycles. The molecule has 0 bridgehead atoms. The molecule has 1 aromatic rings. The summed E-state index contributed by atoms with van der Waals surface area (Å²) in [6.07, 6.45) is 6.05. The van der Waals surface area contributed by atoms with E-state index in [4.69, 9.17) is 0 Å². The number of piperidine rings is 1. The predicted octanol–water partition coefficient (Wildman–Crippen LogP) is 1.93. The summed E-state index contributed by atoms with van der Waals surface area (Å²) in [4.78, 5) is 22.1. The van der Waals surface area contributed by atoms with Crippen molar-refractivity contribution in [2.45, 2.75) is 30.9 Å². The van der Waals surface area contributed by atoms with Gasteiger partial charge in [0.1, 0.15) is 0 Å². The summed E-state index contributed by atoms with van der Waals surface area (Å²) in [5.74, 6) is 0.0359. The van der Waals surface area contributed by atoms with Crippen molar-refractivity contribution in [1.29, 1.82) is 0 Å². The van der Waals surface area contributed by atoms with Crippen LogP contribution in [0.1, 0.15) is 31.2 Å². The second-order valence-electron chi connectivity index (χ2n) is 7.01. The zero-order valence-corrected chi connectivity index (χ0v) is 15.7. The first-order chi connectivity index (χ1) is 12.9. The van der Waals surface area contributed by atoms with Crippen LogP contribution in [0.5, 0.6) is 0 Å². The third-order valence-corrected chi connectivity index (χ3v) is 7.37. The van der Waals surface area contributed by atoms with Gasteiger partial charge >= 0.3 is 0 Å². The number of hydrogen-bond acceptors (Lipinski definition) is 5. The molecule has 146 valence electrons. The number of non-ortho nitro benzene ring substituents is 1. The topological polar surface area (TPSA) is 110 Å². The molecule has 1 heterocycles. The highest BCUT2D eigenvalue weighted by Gasteiger charge is 2.41. The van der Waals surface area contributed by atoms with Crippen molar-refractivity contribution in [3.63, 3.8) is 0 Å². The molecule has 9 heteroatoms. The molecular weight excluding hydrogens is 370 g/mol. The van der Waals surface area contributed by atoms with Gasteiger partial charge in [-0.1, -0.05) is 0 Å². The van der Waals surface area contributed by atoms with E-state index in [0.717, 1.165) is 25.7 Å². The first kappa shape index (κ1) is 19.5. The van der Waals surface area contributed by atoms with Crippen molar-refractivity contribution >= 4 is 27.7 Å². The first-order valence-electron chi connectivity index (χ1n) is 9.05. The maximum Gasteiger partial charge on any atom is 0.269 e. The summed E-state index contributed by atoms with van der Waals surface area (Å²) in [5.41, 5.74) is 0.709. The molecule has 1 amide bonds. The average Bonchev–Trinajstić information content (AvgIpc) is 3.51. The molecule has 27 heavy (non-hydrogen) atoms. The molecule has 0 radical (unpaired) electrons. The molecule has 1 aliphatic carbocycles. The van der Waals surface area contributed by atoms with Gasteiger partial charge in [0.05, 0.1) is 10.2 Å². The Hall–Kier alpha value is -2.26. The minimum Gasteiger partial charge on any atom is -0.352 e. The Kier molecular flexibility index (Phi) is 5.91. The molecule has 1 saturated carbocycles. The molecule has 0 spiro atoms. The molecule has 0 atom stereocenters. The van der Waals surface area contributed by atoms with Crippen LogP contribution in [0.2, 0.25) is 0 Å². The molecule has 1 aromatic carbocycles. The fourth-order valence-electron chi connectivity index (χ4n) is 3.13. The van der Waals surface area contributed by atoms with Gasteiger partial charge in [-0.3, -0.25) is 14.9 Å². The van der Waals surface area contributed by atoms with Gasteiger partial charge in [0.25, 0.3) is 5.69 Å². The van der Waals surface area contributed by atoms with E-state index in [1.165, 1.54) is 18.2 Å². The molecule has 0 aromatic heterocycles. The maximum atomic E-state index is 12.2. The van der Waals surface area contributed by atoms with E-state index >= 15 is 0 Å². The Bertz CT molecular complexity index is 823. The number of rotatable bonds is 7. The summed E-state index contributed by atoms with van der Waals surface area (Å²) in [6, 6.07) is 5.94. The number of amides is 1. The van der Waals surface area contributed by atoms with Crippen LogP contribution in [0, 0.1) is 16.0 Å². The zero-order chi connectivity index (χ0) is 19.4. The van der Waals surface area contributed by atoms with E-state index < -0.39 is 14.9 Å². The van der Waals surface area contributed by atoms with Crippen LogP contribution in [0.15, 0.2) is 30.3 Å². The molecule has 1 N–H and O–H groups in total. The highest BCUT2D eigenvalue weighted by molar-refractivity contribution is 7.90. The first-order valence-corrected chi connectivity index (χ1v) is 10.6. The van der Waals surface area contributed by atoms with Crippen LogP contribution in [0.4, 0.5) is 5.69 Å². The number of nitro groups is 1. The lowest BCUT2D eigenvalue weighted by molar-refractivity contribution is -0.384. The van der Waals surface area contributed by atoms with Crippen molar-refractivity contribution in [2.75, 3.05) is 19.6 Å². The van der Waals surface area contributed by atoms with E-state index in [9.17, 15) is 23.3 Å². The van der Waals surface area contributed by atoms with Gasteiger partial charge < -0.3 is 5.32 Å². The third kappa shape index (κ3) is 5.14. The maximum absolute atomic E-state index is 12.2. The molecular formula is C18H23N3O5S. The number of carbonyl (C=O) groups is 1. The summed E-state index contributed by atoms with van der Waals surface area (Å²) in [6.45, 7) is 1.57. The molecule has 3 rings (SSSR count). The van der Waals surface area contributed by atoms with Crippen molar-refractivity contribution in [3.8, 4) is 0 Å². The summed E-state index contributed by atoms with van der Waals surface area (Å²) in [5, 5.41) is 13.3. The van der Waals surface area contributed by atoms with Crippen LogP contribution in [0.3, 0.4) is 0 Å². The van der Waals surface area contributed by atoms with Crippen LogP contribution in [-0.4, -0.2) is 48.4 Å². The molecule has 8 nitrogen and oxygen atoms in total. The summed E-state index contributed by atoms with van der Waals surface area (Å²) >= 11 is 0. The number of carbonyl (C=O) groups excluding carboxylic acids is 1. The van der Waals surface area contributed by atoms with Crippen molar-refractivity contribution in [1.82, 2.24) is 9.62 Å². The number of sulfonamides is 1. The van der Waals surface area contributed by atoms with Crippen LogP contribution >= 0.6 is 0 Å². The van der Waals surface area contributed by atoms with Crippen molar-refractivity contribution < 1.29 is 18.1 Å². The minimum atomic E-state index is -3.10. The number of benzene rings is 1. The van der Waals surface area contributed by atoms with Gasteiger partial charge in [-0.2, -0.15) is 0 Å². The molecule has 1 aliphatic heterocycles. The Balaban J connectivity index is 1.41. The number of nitrogens with one attached hydrogen (secondary N) is 1. The Morgan fingerprint density at radius 2 is 1.81 bits per heavy atom. The van der Waals surface area contributed by atoms with Gasteiger partial charge in [-0.05, 0) is 55.4 Å². The predicted molar refractivity (Wildman–Crippen MR) is 101 cm³/mol. The smallest absolute Gasteiger partial charge is 0.269 e. The van der Waals surface area contributed by atoms with E-state index in [-0.39, 0.29) is 22.8 Å². The van der Waals surface area contributed by atoms with Crippen LogP contribution in [-0.2, 0) is 14.8 Å². The zero-order valence-electron chi connectivity index (χ0n) is 14.9. The minimum absolute atomic E-state index is 0.00615. The molecule has 2 aliphatic rings. The highest BCUT2D eigenvalue weighted by Crippen LogP contribution is 2.33. The fourth-order valence-corrected chi connectivity index (χ4v) is 5.00. The van der Waals surface area contributed by atoms with Gasteiger partial charge in [0, 0.05) is 37.8 Å². The lowest BCUT2D eigenvalue weighted by Crippen LogP contribution is -2.42. The lowest BCUT2D eigenvalue weighted by Gasteiger charge is -2.31. The second-order valence-corrected chi connectivity index (χ2v) is 9.23. The molecule has 0 unspecified atom stereocenters. The van der Waals surface area contributed by atoms with Gasteiger partial charge in [-0.15, -0.1) is 0 Å². The molecule has 2 fully saturated rings. The Morgan fingerprint density at radius 3 is 2.37 bits per heavy atom. The van der Waals surface area contributed by atoms with E-state index in [1.807, 2.05) is 0 Å². The van der Waals surface area contributed by atoms with Gasteiger partial charge in [0.2, 0.25) is 15.9 Å². The average molecular weight is 393 g/mol. The fraction of sp³-hybridized carbons (Fsp3) is 0.500. The standard InChI is InChI=1S/C18H23N3O5S/c22-18(8-3-14-1-4-16(5-2-14)21(23)24)19-13-15-9-11-20(12-10-15)27(25,26)17-6-7-17/h1-5,8,15,17H,6-7,9-13H2,(H,19,22)/b8-3+. The van der Waals surface area contributed by atoms with E-state index in [2.05, 4.69) is 5.32 Å². The second kappa shape index (κ2) is 8.18. The van der Waals surface area contributed by atoms with Gasteiger partial charge in [-0.25, -0.2) is 12.7 Å². The number of hydrogen-bond donors (Lipinski definition) is 1. The number of nitro benzene ring substituents is 1. The third-order valence-electron chi connectivity index (χ3n) is 4.98. The monoisotopic (exact) mass is 393 g/mol.